The Bertz CT molecular complexity index is 854. The molecule has 1 heterocycles. The molecule has 35 heavy (non-hydrogen) atoms. The fourth-order valence-corrected chi connectivity index (χ4v) is 10.9. The van der Waals surface area contributed by atoms with Crippen molar-refractivity contribution in [3.8, 4) is 0 Å². The summed E-state index contributed by atoms with van der Waals surface area (Å²) in [6.45, 7) is 17.9. The molecule has 5 fully saturated rings. The molecule has 5 aliphatic rings. The summed E-state index contributed by atoms with van der Waals surface area (Å²) in [5, 5.41) is 48.1. The van der Waals surface area contributed by atoms with E-state index in [2.05, 4.69) is 48.5 Å². The Balaban J connectivity index is 1.53. The summed E-state index contributed by atoms with van der Waals surface area (Å²) in [6, 6.07) is 0. The maximum Gasteiger partial charge on any atom is 0.201 e. The van der Waals surface area contributed by atoms with Gasteiger partial charge in [-0.1, -0.05) is 48.5 Å². The number of aliphatic hydroxyl groups is 4. The SMILES string of the molecule is CC(C)CCC1OC2(O)C(C3CCC4C5(C)CCC(C)C(C)(C)C5CCC4(C)C3(O)C2O)C1(C)O. The molecule has 0 radical (unpaired) electrons. The van der Waals surface area contributed by atoms with Crippen molar-refractivity contribution >= 4 is 0 Å². The van der Waals surface area contributed by atoms with Gasteiger partial charge in [-0.3, -0.25) is 0 Å². The highest BCUT2D eigenvalue weighted by atomic mass is 16.7. The second-order valence-electron chi connectivity index (χ2n) is 15.3. The van der Waals surface area contributed by atoms with Crippen molar-refractivity contribution in [2.75, 3.05) is 0 Å². The summed E-state index contributed by atoms with van der Waals surface area (Å²) in [5.41, 5.74) is -2.99. The second-order valence-corrected chi connectivity index (χ2v) is 15.3. The highest BCUT2D eigenvalue weighted by Gasteiger charge is 2.83. The molecule has 1 aliphatic heterocycles. The molecule has 202 valence electrons. The molecule has 0 aromatic heterocycles. The zero-order chi connectivity index (χ0) is 26.0. The van der Waals surface area contributed by atoms with Gasteiger partial charge in [0.2, 0.25) is 5.79 Å². The maximum atomic E-state index is 12.6. The van der Waals surface area contributed by atoms with Crippen LogP contribution in [0.1, 0.15) is 107 Å². The summed E-state index contributed by atoms with van der Waals surface area (Å²) < 4.78 is 6.21. The van der Waals surface area contributed by atoms with Gasteiger partial charge in [0.25, 0.3) is 0 Å². The average Bonchev–Trinajstić information content (AvgIpc) is 3.07. The quantitative estimate of drug-likeness (QED) is 0.450. The van der Waals surface area contributed by atoms with E-state index in [1.54, 1.807) is 6.92 Å². The van der Waals surface area contributed by atoms with Crippen LogP contribution in [0.15, 0.2) is 0 Å². The summed E-state index contributed by atoms with van der Waals surface area (Å²) in [6.07, 6.45) is 5.42. The van der Waals surface area contributed by atoms with Gasteiger partial charge in [-0.15, -0.1) is 0 Å². The third-order valence-corrected chi connectivity index (χ3v) is 13.1. The Morgan fingerprint density at radius 3 is 2.17 bits per heavy atom. The van der Waals surface area contributed by atoms with Crippen LogP contribution in [-0.2, 0) is 4.74 Å². The van der Waals surface area contributed by atoms with E-state index in [9.17, 15) is 20.4 Å². The third-order valence-electron chi connectivity index (χ3n) is 13.1. The van der Waals surface area contributed by atoms with Crippen LogP contribution in [0.5, 0.6) is 0 Å². The second kappa shape index (κ2) is 7.68. The average molecular weight is 493 g/mol. The minimum Gasteiger partial charge on any atom is -0.387 e. The van der Waals surface area contributed by atoms with E-state index < -0.39 is 46.4 Å². The Morgan fingerprint density at radius 2 is 1.54 bits per heavy atom. The molecule has 0 bridgehead atoms. The van der Waals surface area contributed by atoms with Gasteiger partial charge in [-0.2, -0.15) is 0 Å². The lowest BCUT2D eigenvalue weighted by Crippen LogP contribution is -2.70. The largest absolute Gasteiger partial charge is 0.387 e. The van der Waals surface area contributed by atoms with E-state index in [0.29, 0.717) is 30.6 Å². The lowest BCUT2D eigenvalue weighted by molar-refractivity contribution is -0.307. The fourth-order valence-electron chi connectivity index (χ4n) is 10.9. The van der Waals surface area contributed by atoms with Crippen molar-refractivity contribution in [2.24, 2.45) is 51.8 Å². The number of rotatable bonds is 3. The van der Waals surface area contributed by atoms with Crippen LogP contribution in [0.4, 0.5) is 0 Å². The first-order chi connectivity index (χ1) is 16.0. The molecule has 4 saturated carbocycles. The standard InChI is InChI=1S/C30H52O5/c1-17(2)9-12-22-28(8,32)23-19-10-11-21-26(6)15-13-18(3)25(4,5)20(26)14-16-27(21,7)29(19,33)24(31)30(23,34)35-22/h17-24,31-34H,9-16H2,1-8H3. The summed E-state index contributed by atoms with van der Waals surface area (Å²) in [4.78, 5) is 0. The molecule has 0 amide bonds. The zero-order valence-electron chi connectivity index (χ0n) is 23.5. The van der Waals surface area contributed by atoms with E-state index >= 15 is 0 Å². The van der Waals surface area contributed by atoms with Crippen molar-refractivity contribution < 1.29 is 25.2 Å². The van der Waals surface area contributed by atoms with Crippen LogP contribution in [-0.4, -0.2) is 49.6 Å². The van der Waals surface area contributed by atoms with Gasteiger partial charge < -0.3 is 25.2 Å². The van der Waals surface area contributed by atoms with E-state index in [0.717, 1.165) is 32.1 Å². The van der Waals surface area contributed by atoms with Crippen molar-refractivity contribution in [2.45, 2.75) is 136 Å². The van der Waals surface area contributed by atoms with Gasteiger partial charge in [0.05, 0.1) is 17.6 Å². The Kier molecular flexibility index (Phi) is 5.80. The van der Waals surface area contributed by atoms with Gasteiger partial charge in [0, 0.05) is 11.3 Å². The van der Waals surface area contributed by atoms with Crippen LogP contribution in [0.2, 0.25) is 0 Å². The normalized spacial score (nSPS) is 59.1. The summed E-state index contributed by atoms with van der Waals surface area (Å²) in [5.74, 6) is -1.03. The lowest BCUT2D eigenvalue weighted by Gasteiger charge is -2.69. The molecular formula is C30H52O5. The Labute approximate surface area is 213 Å². The fraction of sp³-hybridized carbons (Fsp3) is 1.00. The van der Waals surface area contributed by atoms with Gasteiger partial charge in [-0.05, 0) is 92.8 Å². The highest BCUT2D eigenvalue weighted by Crippen LogP contribution is 2.75. The molecule has 0 spiro atoms. The zero-order valence-corrected chi connectivity index (χ0v) is 23.5. The molecule has 0 aromatic rings. The van der Waals surface area contributed by atoms with E-state index in [-0.39, 0.29) is 16.7 Å². The predicted octanol–water partition coefficient (Wildman–Crippen LogP) is 4.89. The molecular weight excluding hydrogens is 440 g/mol. The third kappa shape index (κ3) is 3.05. The van der Waals surface area contributed by atoms with Crippen LogP contribution in [0.25, 0.3) is 0 Å². The van der Waals surface area contributed by atoms with Crippen LogP contribution < -0.4 is 0 Å². The molecule has 12 unspecified atom stereocenters. The number of aliphatic hydroxyl groups excluding tert-OH is 1. The minimum absolute atomic E-state index is 0.0902. The first-order valence-electron chi connectivity index (χ1n) is 14.5. The Morgan fingerprint density at radius 1 is 0.886 bits per heavy atom. The van der Waals surface area contributed by atoms with Crippen LogP contribution in [0, 0.1) is 51.8 Å². The van der Waals surface area contributed by atoms with Crippen LogP contribution >= 0.6 is 0 Å². The maximum absolute atomic E-state index is 12.6. The monoisotopic (exact) mass is 492 g/mol. The number of hydrogen-bond donors (Lipinski definition) is 4. The van der Waals surface area contributed by atoms with Crippen molar-refractivity contribution in [3.63, 3.8) is 0 Å². The lowest BCUT2D eigenvalue weighted by atomic mass is 9.36. The van der Waals surface area contributed by atoms with E-state index in [1.807, 2.05) is 0 Å². The molecule has 4 aliphatic carbocycles. The van der Waals surface area contributed by atoms with Crippen molar-refractivity contribution in [1.82, 2.24) is 0 Å². The van der Waals surface area contributed by atoms with Crippen molar-refractivity contribution in [3.05, 3.63) is 0 Å². The van der Waals surface area contributed by atoms with Gasteiger partial charge in [0.1, 0.15) is 11.7 Å². The highest BCUT2D eigenvalue weighted by molar-refractivity contribution is 5.29. The number of ether oxygens (including phenoxy) is 1. The minimum atomic E-state index is -1.92. The Hall–Kier alpha value is -0.200. The predicted molar refractivity (Wildman–Crippen MR) is 136 cm³/mol. The van der Waals surface area contributed by atoms with E-state index in [1.165, 1.54) is 6.42 Å². The van der Waals surface area contributed by atoms with Gasteiger partial charge in [-0.25, -0.2) is 0 Å². The van der Waals surface area contributed by atoms with E-state index in [4.69, 9.17) is 4.74 Å². The molecule has 4 N–H and O–H groups in total. The number of hydrogen-bond acceptors (Lipinski definition) is 5. The molecule has 5 rings (SSSR count). The van der Waals surface area contributed by atoms with Gasteiger partial charge >= 0.3 is 0 Å². The molecule has 5 heteroatoms. The van der Waals surface area contributed by atoms with Crippen molar-refractivity contribution in [1.29, 1.82) is 0 Å². The topological polar surface area (TPSA) is 90.2 Å². The smallest absolute Gasteiger partial charge is 0.201 e. The molecule has 12 atom stereocenters. The summed E-state index contributed by atoms with van der Waals surface area (Å²) in [7, 11) is 0. The first-order valence-corrected chi connectivity index (χ1v) is 14.5. The number of fused-ring (bicyclic) bond motifs is 7. The summed E-state index contributed by atoms with van der Waals surface area (Å²) >= 11 is 0. The molecule has 0 aromatic carbocycles. The first kappa shape index (κ1) is 26.4. The van der Waals surface area contributed by atoms with Gasteiger partial charge in [0.15, 0.2) is 0 Å². The molecule has 5 nitrogen and oxygen atoms in total. The molecule has 1 saturated heterocycles. The van der Waals surface area contributed by atoms with Crippen LogP contribution in [0.3, 0.4) is 0 Å².